The van der Waals surface area contributed by atoms with E-state index in [0.29, 0.717) is 18.1 Å². The van der Waals surface area contributed by atoms with E-state index in [0.717, 1.165) is 26.2 Å². The maximum absolute atomic E-state index is 5.61. The quantitative estimate of drug-likeness (QED) is 0.750. The highest BCUT2D eigenvalue weighted by molar-refractivity contribution is 4.88. The second-order valence-corrected chi connectivity index (χ2v) is 4.41. The van der Waals surface area contributed by atoms with Crippen molar-refractivity contribution in [1.29, 1.82) is 0 Å². The third-order valence-corrected chi connectivity index (χ3v) is 3.65. The van der Waals surface area contributed by atoms with Crippen LogP contribution < -0.4 is 5.32 Å². The number of hydrogen-bond acceptors (Lipinski definition) is 3. The summed E-state index contributed by atoms with van der Waals surface area (Å²) < 4.78 is 5.61. The summed E-state index contributed by atoms with van der Waals surface area (Å²) in [5.41, 5.74) is 0. The molecule has 3 heteroatoms. The monoisotopic (exact) mass is 214 g/mol. The summed E-state index contributed by atoms with van der Waals surface area (Å²) in [4.78, 5) is 2.57. The first kappa shape index (κ1) is 12.9. The van der Waals surface area contributed by atoms with E-state index in [2.05, 4.69) is 38.0 Å². The van der Waals surface area contributed by atoms with E-state index in [4.69, 9.17) is 4.74 Å². The molecule has 0 saturated carbocycles. The predicted molar refractivity (Wildman–Crippen MR) is 64.2 cm³/mol. The molecule has 0 aromatic heterocycles. The Balaban J connectivity index is 2.63. The molecule has 90 valence electrons. The fraction of sp³-hybridized carbons (Fsp3) is 1.00. The zero-order valence-electron chi connectivity index (χ0n) is 10.6. The van der Waals surface area contributed by atoms with Crippen molar-refractivity contribution in [1.82, 2.24) is 10.2 Å². The summed E-state index contributed by atoms with van der Waals surface area (Å²) in [5, 5.41) is 3.43. The molecule has 0 aromatic carbocycles. The van der Waals surface area contributed by atoms with Crippen LogP contribution in [0.3, 0.4) is 0 Å². The van der Waals surface area contributed by atoms with Crippen LogP contribution in [0.25, 0.3) is 0 Å². The van der Waals surface area contributed by atoms with Crippen LogP contribution in [0.15, 0.2) is 0 Å². The number of nitrogens with one attached hydrogen (secondary N) is 1. The predicted octanol–water partition coefficient (Wildman–Crippen LogP) is 1.48. The summed E-state index contributed by atoms with van der Waals surface area (Å²) in [6, 6.07) is 1.79. The van der Waals surface area contributed by atoms with Crippen molar-refractivity contribution in [3.63, 3.8) is 0 Å². The standard InChI is InChI=1S/C12H26N2O/c1-5-10(3)14(6-2)12-9-15-8-7-11(12)13-4/h10-13H,5-9H2,1-4H3. The molecule has 15 heavy (non-hydrogen) atoms. The first-order valence-corrected chi connectivity index (χ1v) is 6.25. The van der Waals surface area contributed by atoms with Crippen LogP contribution in [0.5, 0.6) is 0 Å². The van der Waals surface area contributed by atoms with Gasteiger partial charge in [0.05, 0.1) is 6.61 Å². The Bertz CT molecular complexity index is 175. The van der Waals surface area contributed by atoms with Crippen molar-refractivity contribution in [3.05, 3.63) is 0 Å². The third-order valence-electron chi connectivity index (χ3n) is 3.65. The minimum Gasteiger partial charge on any atom is -0.380 e. The molecule has 1 aliphatic heterocycles. The molecule has 1 saturated heterocycles. The van der Waals surface area contributed by atoms with Gasteiger partial charge in [-0.3, -0.25) is 4.90 Å². The second kappa shape index (κ2) is 6.46. The zero-order valence-corrected chi connectivity index (χ0v) is 10.6. The maximum atomic E-state index is 5.61. The van der Waals surface area contributed by atoms with Crippen molar-refractivity contribution in [2.24, 2.45) is 0 Å². The highest BCUT2D eigenvalue weighted by Gasteiger charge is 2.30. The van der Waals surface area contributed by atoms with Gasteiger partial charge in [0.1, 0.15) is 0 Å². The summed E-state index contributed by atoms with van der Waals surface area (Å²) in [7, 11) is 2.06. The summed E-state index contributed by atoms with van der Waals surface area (Å²) >= 11 is 0. The van der Waals surface area contributed by atoms with Gasteiger partial charge < -0.3 is 10.1 Å². The number of nitrogens with zero attached hydrogens (tertiary/aromatic N) is 1. The van der Waals surface area contributed by atoms with Crippen LogP contribution in [-0.2, 0) is 4.74 Å². The van der Waals surface area contributed by atoms with Crippen LogP contribution in [0.4, 0.5) is 0 Å². The van der Waals surface area contributed by atoms with Crippen LogP contribution in [-0.4, -0.2) is 49.8 Å². The third kappa shape index (κ3) is 3.16. The lowest BCUT2D eigenvalue weighted by Crippen LogP contribution is -2.56. The van der Waals surface area contributed by atoms with Crippen molar-refractivity contribution in [3.8, 4) is 0 Å². The normalized spacial score (nSPS) is 29.4. The minimum atomic E-state index is 0.545. The molecule has 3 unspecified atom stereocenters. The average Bonchev–Trinajstić information content (AvgIpc) is 2.30. The molecule has 3 nitrogen and oxygen atoms in total. The first-order valence-electron chi connectivity index (χ1n) is 6.25. The Kier molecular flexibility index (Phi) is 5.58. The molecule has 0 spiro atoms. The van der Waals surface area contributed by atoms with Crippen LogP contribution in [0.1, 0.15) is 33.6 Å². The van der Waals surface area contributed by atoms with Crippen molar-refractivity contribution in [2.75, 3.05) is 26.8 Å². The average molecular weight is 214 g/mol. The lowest BCUT2D eigenvalue weighted by Gasteiger charge is -2.42. The molecule has 1 heterocycles. The Hall–Kier alpha value is -0.120. The Labute approximate surface area is 94.2 Å². The van der Waals surface area contributed by atoms with Crippen molar-refractivity contribution < 1.29 is 4.74 Å². The van der Waals surface area contributed by atoms with Crippen LogP contribution in [0.2, 0.25) is 0 Å². The number of rotatable bonds is 5. The topological polar surface area (TPSA) is 24.5 Å². The van der Waals surface area contributed by atoms with Gasteiger partial charge in [-0.25, -0.2) is 0 Å². The highest BCUT2D eigenvalue weighted by atomic mass is 16.5. The lowest BCUT2D eigenvalue weighted by molar-refractivity contribution is -0.0139. The van der Waals surface area contributed by atoms with E-state index in [1.807, 2.05) is 0 Å². The van der Waals surface area contributed by atoms with Crippen molar-refractivity contribution >= 4 is 0 Å². The molecule has 0 bridgehead atoms. The van der Waals surface area contributed by atoms with E-state index in [-0.39, 0.29) is 0 Å². The van der Waals surface area contributed by atoms with Gasteiger partial charge >= 0.3 is 0 Å². The Morgan fingerprint density at radius 2 is 2.20 bits per heavy atom. The molecule has 3 atom stereocenters. The van der Waals surface area contributed by atoms with E-state index in [9.17, 15) is 0 Å². The van der Waals surface area contributed by atoms with Gasteiger partial charge in [0.25, 0.3) is 0 Å². The maximum Gasteiger partial charge on any atom is 0.0637 e. The highest BCUT2D eigenvalue weighted by Crippen LogP contribution is 2.17. The number of hydrogen-bond donors (Lipinski definition) is 1. The summed E-state index contributed by atoms with van der Waals surface area (Å²) in [6.07, 6.45) is 2.34. The lowest BCUT2D eigenvalue weighted by atomic mass is 10.00. The van der Waals surface area contributed by atoms with E-state index < -0.39 is 0 Å². The zero-order chi connectivity index (χ0) is 11.3. The molecular weight excluding hydrogens is 188 g/mol. The Morgan fingerprint density at radius 3 is 2.73 bits per heavy atom. The molecule has 0 aliphatic carbocycles. The van der Waals surface area contributed by atoms with Gasteiger partial charge in [-0.2, -0.15) is 0 Å². The largest absolute Gasteiger partial charge is 0.380 e. The molecule has 1 rings (SSSR count). The molecule has 0 aromatic rings. The smallest absolute Gasteiger partial charge is 0.0637 e. The summed E-state index contributed by atoms with van der Waals surface area (Å²) in [6.45, 7) is 9.70. The SMILES string of the molecule is CCC(C)N(CC)C1COCCC1NC. The summed E-state index contributed by atoms with van der Waals surface area (Å²) in [5.74, 6) is 0. The second-order valence-electron chi connectivity index (χ2n) is 4.41. The molecule has 0 radical (unpaired) electrons. The Morgan fingerprint density at radius 1 is 1.47 bits per heavy atom. The van der Waals surface area contributed by atoms with E-state index in [1.54, 1.807) is 0 Å². The van der Waals surface area contributed by atoms with Gasteiger partial charge in [0, 0.05) is 24.7 Å². The number of likely N-dealkylation sites (N-methyl/N-ethyl adjacent to an activating group) is 2. The minimum absolute atomic E-state index is 0.545. The first-order chi connectivity index (χ1) is 7.24. The molecule has 1 aliphatic rings. The van der Waals surface area contributed by atoms with Crippen LogP contribution >= 0.6 is 0 Å². The van der Waals surface area contributed by atoms with Crippen LogP contribution in [0, 0.1) is 0 Å². The number of ether oxygens (including phenoxy) is 1. The van der Waals surface area contributed by atoms with E-state index >= 15 is 0 Å². The van der Waals surface area contributed by atoms with Gasteiger partial charge in [-0.15, -0.1) is 0 Å². The van der Waals surface area contributed by atoms with Gasteiger partial charge in [0.2, 0.25) is 0 Å². The molecule has 0 amide bonds. The molecular formula is C12H26N2O. The molecule has 1 fully saturated rings. The van der Waals surface area contributed by atoms with Crippen molar-refractivity contribution in [2.45, 2.75) is 51.7 Å². The van der Waals surface area contributed by atoms with Gasteiger partial charge in [-0.05, 0) is 33.4 Å². The molecule has 1 N–H and O–H groups in total. The van der Waals surface area contributed by atoms with Gasteiger partial charge in [0.15, 0.2) is 0 Å². The van der Waals surface area contributed by atoms with Gasteiger partial charge in [-0.1, -0.05) is 13.8 Å². The fourth-order valence-corrected chi connectivity index (χ4v) is 2.49. The van der Waals surface area contributed by atoms with E-state index in [1.165, 1.54) is 6.42 Å². The fourth-order valence-electron chi connectivity index (χ4n) is 2.49.